The number of fused-ring (bicyclic) bond motifs is 3. The Morgan fingerprint density at radius 3 is 2.77 bits per heavy atom. The van der Waals surface area contributed by atoms with Crippen LogP contribution in [0.1, 0.15) is 32.8 Å². The highest BCUT2D eigenvalue weighted by molar-refractivity contribution is 7.22. The smallest absolute Gasteiger partial charge is 0.413 e. The molecule has 1 atom stereocenters. The van der Waals surface area contributed by atoms with Crippen LogP contribution in [0.4, 0.5) is 19.1 Å². The van der Waals surface area contributed by atoms with Crippen molar-refractivity contribution in [2.45, 2.75) is 45.4 Å². The van der Waals surface area contributed by atoms with Crippen molar-refractivity contribution in [2.75, 3.05) is 31.6 Å². The normalized spacial score (nSPS) is 18.0. The van der Waals surface area contributed by atoms with Gasteiger partial charge in [0.05, 0.1) is 26.9 Å². The van der Waals surface area contributed by atoms with Gasteiger partial charge in [-0.25, -0.2) is 19.0 Å². The quantitative estimate of drug-likeness (QED) is 0.339. The lowest BCUT2D eigenvalue weighted by Crippen LogP contribution is -2.54. The first-order valence-corrected chi connectivity index (χ1v) is 13.9. The summed E-state index contributed by atoms with van der Waals surface area (Å²) in [5, 5.41) is 12.8. The predicted molar refractivity (Wildman–Crippen MR) is 149 cm³/mol. The highest BCUT2D eigenvalue weighted by Gasteiger charge is 2.33. The Hall–Kier alpha value is -2.86. The van der Waals surface area contributed by atoms with Crippen molar-refractivity contribution in [2.24, 2.45) is 0 Å². The van der Waals surface area contributed by atoms with Gasteiger partial charge in [0.15, 0.2) is 5.13 Å². The van der Waals surface area contributed by atoms with Crippen molar-refractivity contribution in [1.82, 2.24) is 14.8 Å². The lowest BCUT2D eigenvalue weighted by molar-refractivity contribution is 0.0489. The topological polar surface area (TPSA) is 104 Å². The van der Waals surface area contributed by atoms with E-state index in [1.54, 1.807) is 32.9 Å². The van der Waals surface area contributed by atoms with Gasteiger partial charge in [-0.2, -0.15) is 0 Å². The first kappa shape index (κ1) is 27.7. The van der Waals surface area contributed by atoms with E-state index in [-0.39, 0.29) is 20.9 Å². The third-order valence-corrected chi connectivity index (χ3v) is 8.21. The maximum Gasteiger partial charge on any atom is 0.413 e. The summed E-state index contributed by atoms with van der Waals surface area (Å²) in [6, 6.07) is 4.66. The zero-order valence-corrected chi connectivity index (χ0v) is 23.8. The van der Waals surface area contributed by atoms with Gasteiger partial charge in [0.1, 0.15) is 17.2 Å². The number of hydrogen-bond acceptors (Lipinski definition) is 7. The molecule has 2 N–H and O–H groups in total. The van der Waals surface area contributed by atoms with Gasteiger partial charge in [0.25, 0.3) is 0 Å². The molecule has 0 radical (unpaired) electrons. The zero-order chi connectivity index (χ0) is 28.1. The summed E-state index contributed by atoms with van der Waals surface area (Å²) in [7, 11) is 0. The highest BCUT2D eigenvalue weighted by atomic mass is 35.5. The van der Waals surface area contributed by atoms with Crippen LogP contribution >= 0.6 is 34.5 Å². The summed E-state index contributed by atoms with van der Waals surface area (Å²) in [6.07, 6.45) is -0.994. The predicted octanol–water partition coefficient (Wildman–Crippen LogP) is 6.70. The van der Waals surface area contributed by atoms with E-state index in [0.717, 1.165) is 16.9 Å². The molecule has 3 heterocycles. The molecule has 1 saturated heterocycles. The van der Waals surface area contributed by atoms with Crippen LogP contribution in [0.2, 0.25) is 10.0 Å². The molecule has 2 amide bonds. The summed E-state index contributed by atoms with van der Waals surface area (Å²) >= 11 is 14.7. The van der Waals surface area contributed by atoms with Crippen LogP contribution in [0.15, 0.2) is 18.2 Å². The molecule has 1 aromatic heterocycles. The number of halogens is 3. The number of rotatable bonds is 2. The van der Waals surface area contributed by atoms with Crippen molar-refractivity contribution >= 4 is 62.1 Å². The molecule has 2 aliphatic heterocycles. The molecule has 0 unspecified atom stereocenters. The van der Waals surface area contributed by atoms with Crippen LogP contribution < -0.4 is 10.1 Å². The van der Waals surface area contributed by atoms with Gasteiger partial charge < -0.3 is 19.5 Å². The fourth-order valence-corrected chi connectivity index (χ4v) is 6.50. The Morgan fingerprint density at radius 1 is 1.28 bits per heavy atom. The number of anilines is 1. The van der Waals surface area contributed by atoms with Crippen LogP contribution in [0.25, 0.3) is 21.3 Å². The standard InChI is InChI=1S/C26H27Cl2FN4O5S/c1-26(2,3)38-24(34)31-23-30-20-15(4-5-17(29)22(20)39-23)18-16(27)10-13-11-32-7-8-33(25(35)36)12-14(32)6-9-37-21(13)19(18)28/h4-5,10,14H,6-9,11-12H2,1-3H3,(H,35,36)(H,30,31,34)/t14-/m0/s1. The first-order valence-electron chi connectivity index (χ1n) is 12.4. The number of ether oxygens (including phenoxy) is 2. The summed E-state index contributed by atoms with van der Waals surface area (Å²) < 4.78 is 26.4. The molecule has 2 aromatic carbocycles. The minimum atomic E-state index is -0.925. The SMILES string of the molecule is CC(C)(C)OC(=O)Nc1nc2c(-c3c(Cl)cc4c(c3Cl)OCC[C@H]3CN(C(=O)O)CCN3C4)ccc(F)c2s1. The molecule has 39 heavy (non-hydrogen) atoms. The lowest BCUT2D eigenvalue weighted by atomic mass is 9.99. The Morgan fingerprint density at radius 2 is 2.05 bits per heavy atom. The summed E-state index contributed by atoms with van der Waals surface area (Å²) in [4.78, 5) is 31.8. The molecule has 0 saturated carbocycles. The summed E-state index contributed by atoms with van der Waals surface area (Å²) in [5.74, 6) is -0.0141. The first-order chi connectivity index (χ1) is 18.4. The number of amides is 2. The monoisotopic (exact) mass is 596 g/mol. The number of piperazine rings is 1. The number of carboxylic acid groups (broad SMARTS) is 1. The molecule has 2 aliphatic rings. The Kier molecular flexibility index (Phi) is 7.53. The number of carbonyl (C=O) groups is 2. The second-order valence-corrected chi connectivity index (χ2v) is 12.2. The zero-order valence-electron chi connectivity index (χ0n) is 21.5. The fourth-order valence-electron chi connectivity index (χ4n) is 4.86. The number of benzene rings is 2. The van der Waals surface area contributed by atoms with Crippen LogP contribution in [0, 0.1) is 5.82 Å². The van der Waals surface area contributed by atoms with Gasteiger partial charge in [-0.1, -0.05) is 34.5 Å². The average Bonchev–Trinajstić information content (AvgIpc) is 3.24. The maximum atomic E-state index is 14.8. The van der Waals surface area contributed by atoms with Gasteiger partial charge in [-0.05, 0) is 45.4 Å². The van der Waals surface area contributed by atoms with Crippen molar-refractivity contribution in [3.63, 3.8) is 0 Å². The van der Waals surface area contributed by atoms with E-state index in [2.05, 4.69) is 15.2 Å². The molecular weight excluding hydrogens is 570 g/mol. The third-order valence-electron chi connectivity index (χ3n) is 6.57. The van der Waals surface area contributed by atoms with Gasteiger partial charge in [-0.3, -0.25) is 10.2 Å². The van der Waals surface area contributed by atoms with Gasteiger partial charge >= 0.3 is 12.2 Å². The van der Waals surface area contributed by atoms with Crippen molar-refractivity contribution < 1.29 is 28.6 Å². The van der Waals surface area contributed by atoms with Gasteiger partial charge in [0.2, 0.25) is 0 Å². The van der Waals surface area contributed by atoms with Crippen LogP contribution in [-0.4, -0.2) is 70.0 Å². The molecule has 0 bridgehead atoms. The number of carbonyl (C=O) groups excluding carboxylic acids is 1. The minimum Gasteiger partial charge on any atom is -0.492 e. The molecule has 208 valence electrons. The minimum absolute atomic E-state index is 0.0165. The molecule has 3 aromatic rings. The molecule has 1 fully saturated rings. The molecule has 13 heteroatoms. The van der Waals surface area contributed by atoms with Crippen LogP contribution in [0.5, 0.6) is 5.75 Å². The van der Waals surface area contributed by atoms with E-state index in [0.29, 0.717) is 66.6 Å². The Balaban J connectivity index is 1.50. The lowest BCUT2D eigenvalue weighted by Gasteiger charge is -2.41. The average molecular weight is 597 g/mol. The molecule has 9 nitrogen and oxygen atoms in total. The van der Waals surface area contributed by atoms with Crippen molar-refractivity contribution in [3.8, 4) is 16.9 Å². The second-order valence-electron chi connectivity index (χ2n) is 10.4. The highest BCUT2D eigenvalue weighted by Crippen LogP contribution is 2.47. The maximum absolute atomic E-state index is 14.8. The van der Waals surface area contributed by atoms with E-state index in [9.17, 15) is 19.1 Å². The van der Waals surface area contributed by atoms with Gasteiger partial charge in [-0.15, -0.1) is 0 Å². The Bertz CT molecular complexity index is 1460. The van der Waals surface area contributed by atoms with E-state index < -0.39 is 23.6 Å². The van der Waals surface area contributed by atoms with E-state index in [1.807, 2.05) is 0 Å². The summed E-state index contributed by atoms with van der Waals surface area (Å²) in [6.45, 7) is 7.46. The number of thiazole rings is 1. The number of nitrogens with one attached hydrogen (secondary N) is 1. The second kappa shape index (κ2) is 10.6. The van der Waals surface area contributed by atoms with E-state index in [4.69, 9.17) is 32.7 Å². The summed E-state index contributed by atoms with van der Waals surface area (Å²) in [5.41, 5.74) is 1.32. The number of nitrogens with zero attached hydrogens (tertiary/aromatic N) is 3. The largest absolute Gasteiger partial charge is 0.492 e. The van der Waals surface area contributed by atoms with E-state index >= 15 is 0 Å². The number of hydrogen-bond donors (Lipinski definition) is 2. The third kappa shape index (κ3) is 5.72. The molecule has 0 spiro atoms. The van der Waals surface area contributed by atoms with Crippen LogP contribution in [-0.2, 0) is 11.3 Å². The Labute approximate surface area is 238 Å². The molecular formula is C26H27Cl2FN4O5S. The van der Waals surface area contributed by atoms with E-state index in [1.165, 1.54) is 11.0 Å². The van der Waals surface area contributed by atoms with Gasteiger partial charge in [0, 0.05) is 48.9 Å². The number of aromatic nitrogens is 1. The fraction of sp³-hybridized carbons (Fsp3) is 0.423. The molecule has 0 aliphatic carbocycles. The van der Waals surface area contributed by atoms with Crippen LogP contribution in [0.3, 0.4) is 0 Å². The molecule has 5 rings (SSSR count). The van der Waals surface area contributed by atoms with Crippen molar-refractivity contribution in [3.05, 3.63) is 39.6 Å². The van der Waals surface area contributed by atoms with Crippen molar-refractivity contribution in [1.29, 1.82) is 0 Å².